The Balaban J connectivity index is 2.43. The van der Waals surface area contributed by atoms with Crippen LogP contribution in [0.3, 0.4) is 0 Å². The predicted molar refractivity (Wildman–Crippen MR) is 81.2 cm³/mol. The highest BCUT2D eigenvalue weighted by atomic mass is 32.2. The highest BCUT2D eigenvalue weighted by molar-refractivity contribution is 7.98. The largest absolute Gasteiger partial charge is 0.480 e. The van der Waals surface area contributed by atoms with Gasteiger partial charge in [-0.15, -0.1) is 0 Å². The Kier molecular flexibility index (Phi) is 7.15. The van der Waals surface area contributed by atoms with Crippen molar-refractivity contribution in [1.29, 1.82) is 0 Å². The lowest BCUT2D eigenvalue weighted by atomic mass is 10.0. The average molecular weight is 303 g/mol. The fourth-order valence-electron chi connectivity index (χ4n) is 2.32. The second-order valence-electron chi connectivity index (χ2n) is 5.30. The molecule has 1 rings (SSSR count). The molecule has 20 heavy (non-hydrogen) atoms. The minimum Gasteiger partial charge on any atom is -0.480 e. The van der Waals surface area contributed by atoms with Crippen molar-refractivity contribution in [2.45, 2.75) is 31.3 Å². The van der Waals surface area contributed by atoms with E-state index in [4.69, 9.17) is 5.11 Å². The Labute approximate surface area is 124 Å². The van der Waals surface area contributed by atoms with Crippen molar-refractivity contribution >= 4 is 23.8 Å². The van der Waals surface area contributed by atoms with Crippen LogP contribution in [-0.4, -0.2) is 78.2 Å². The molecule has 1 atom stereocenters. The van der Waals surface area contributed by atoms with E-state index in [2.05, 4.69) is 10.2 Å². The van der Waals surface area contributed by atoms with E-state index in [-0.39, 0.29) is 6.03 Å². The van der Waals surface area contributed by atoms with Gasteiger partial charge in [-0.3, -0.25) is 0 Å². The van der Waals surface area contributed by atoms with Crippen molar-refractivity contribution in [3.63, 3.8) is 0 Å². The number of carbonyl (C=O) groups is 2. The molecule has 0 radical (unpaired) electrons. The molecule has 2 N–H and O–H groups in total. The fraction of sp³-hybridized carbons (Fsp3) is 0.846. The van der Waals surface area contributed by atoms with Gasteiger partial charge in [0, 0.05) is 19.1 Å². The predicted octanol–water partition coefficient (Wildman–Crippen LogP) is 0.928. The molecule has 1 saturated heterocycles. The highest BCUT2D eigenvalue weighted by Gasteiger charge is 2.27. The van der Waals surface area contributed by atoms with E-state index in [0.717, 1.165) is 18.6 Å². The summed E-state index contributed by atoms with van der Waals surface area (Å²) in [5.74, 6) is -0.240. The van der Waals surface area contributed by atoms with Crippen LogP contribution < -0.4 is 5.32 Å². The van der Waals surface area contributed by atoms with Gasteiger partial charge in [0.25, 0.3) is 0 Å². The van der Waals surface area contributed by atoms with Gasteiger partial charge >= 0.3 is 12.0 Å². The first-order chi connectivity index (χ1) is 9.45. The van der Waals surface area contributed by atoms with E-state index >= 15 is 0 Å². The lowest BCUT2D eigenvalue weighted by molar-refractivity contribution is -0.139. The first kappa shape index (κ1) is 17.1. The standard InChI is InChI=1S/C13H25N3O3S/c1-15(2)10-4-7-16(8-5-10)13(19)14-11(12(17)18)6-9-20-3/h10-11H,4-9H2,1-3H3,(H,14,19)(H,17,18)/t11-/m0/s1. The van der Waals surface area contributed by atoms with Crippen LogP contribution in [0.2, 0.25) is 0 Å². The Bertz CT molecular complexity index is 331. The van der Waals surface area contributed by atoms with Gasteiger partial charge in [0.1, 0.15) is 6.04 Å². The van der Waals surface area contributed by atoms with Crippen LogP contribution in [0.25, 0.3) is 0 Å². The number of carboxylic acids is 1. The fourth-order valence-corrected chi connectivity index (χ4v) is 2.79. The molecule has 1 aliphatic heterocycles. The first-order valence-corrected chi connectivity index (χ1v) is 8.28. The minimum atomic E-state index is -0.962. The second-order valence-corrected chi connectivity index (χ2v) is 6.29. The third kappa shape index (κ3) is 5.20. The van der Waals surface area contributed by atoms with Crippen LogP contribution >= 0.6 is 11.8 Å². The molecule has 6 nitrogen and oxygen atoms in total. The SMILES string of the molecule is CSCC[C@H](NC(=O)N1CCC(N(C)C)CC1)C(=O)O. The van der Waals surface area contributed by atoms with Gasteiger partial charge < -0.3 is 20.2 Å². The third-order valence-electron chi connectivity index (χ3n) is 3.69. The number of piperidine rings is 1. The molecule has 2 amide bonds. The molecular weight excluding hydrogens is 278 g/mol. The van der Waals surface area contributed by atoms with Gasteiger partial charge in [-0.25, -0.2) is 9.59 Å². The number of hydrogen-bond donors (Lipinski definition) is 2. The zero-order valence-corrected chi connectivity index (χ0v) is 13.3. The summed E-state index contributed by atoms with van der Waals surface area (Å²) in [4.78, 5) is 27.1. The van der Waals surface area contributed by atoms with Crippen LogP contribution in [0.15, 0.2) is 0 Å². The number of thioether (sulfide) groups is 1. The molecule has 1 aliphatic rings. The van der Waals surface area contributed by atoms with Crippen molar-refractivity contribution in [1.82, 2.24) is 15.1 Å². The zero-order chi connectivity index (χ0) is 15.1. The van der Waals surface area contributed by atoms with Gasteiger partial charge in [0.05, 0.1) is 0 Å². The molecule has 0 aromatic heterocycles. The van der Waals surface area contributed by atoms with Crippen LogP contribution in [0.5, 0.6) is 0 Å². The monoisotopic (exact) mass is 303 g/mol. The molecule has 0 saturated carbocycles. The molecule has 1 fully saturated rings. The van der Waals surface area contributed by atoms with Gasteiger partial charge in [0.2, 0.25) is 0 Å². The van der Waals surface area contributed by atoms with Gasteiger partial charge in [0.15, 0.2) is 0 Å². The highest BCUT2D eigenvalue weighted by Crippen LogP contribution is 2.14. The summed E-state index contributed by atoms with van der Waals surface area (Å²) >= 11 is 1.58. The number of carbonyl (C=O) groups excluding carboxylic acids is 1. The van der Waals surface area contributed by atoms with Gasteiger partial charge in [-0.2, -0.15) is 11.8 Å². The second kappa shape index (κ2) is 8.36. The summed E-state index contributed by atoms with van der Waals surface area (Å²) < 4.78 is 0. The number of amides is 2. The zero-order valence-electron chi connectivity index (χ0n) is 12.5. The van der Waals surface area contributed by atoms with E-state index in [9.17, 15) is 9.59 Å². The maximum absolute atomic E-state index is 12.1. The van der Waals surface area contributed by atoms with Crippen LogP contribution in [-0.2, 0) is 4.79 Å². The molecule has 0 unspecified atom stereocenters. The quantitative estimate of drug-likeness (QED) is 0.763. The summed E-state index contributed by atoms with van der Waals surface area (Å²) in [6, 6.07) is -0.539. The van der Waals surface area contributed by atoms with E-state index in [1.807, 2.05) is 20.4 Å². The Morgan fingerprint density at radius 3 is 2.45 bits per heavy atom. The van der Waals surface area contributed by atoms with Crippen molar-refractivity contribution in [2.75, 3.05) is 39.2 Å². The molecule has 7 heteroatoms. The number of carboxylic acid groups (broad SMARTS) is 1. The van der Waals surface area contributed by atoms with Crippen LogP contribution in [0, 0.1) is 0 Å². The summed E-state index contributed by atoms with van der Waals surface area (Å²) in [5.41, 5.74) is 0. The molecule has 0 aliphatic carbocycles. The smallest absolute Gasteiger partial charge is 0.326 e. The third-order valence-corrected chi connectivity index (χ3v) is 4.33. The lowest BCUT2D eigenvalue weighted by Gasteiger charge is -2.35. The number of urea groups is 1. The topological polar surface area (TPSA) is 72.9 Å². The summed E-state index contributed by atoms with van der Waals surface area (Å²) in [6.07, 6.45) is 4.25. The van der Waals surface area contributed by atoms with Gasteiger partial charge in [-0.05, 0) is 45.4 Å². The number of nitrogens with zero attached hydrogens (tertiary/aromatic N) is 2. The molecule has 1 heterocycles. The average Bonchev–Trinajstić information content (AvgIpc) is 2.42. The maximum atomic E-state index is 12.1. The maximum Gasteiger partial charge on any atom is 0.326 e. The van der Waals surface area contributed by atoms with E-state index in [1.54, 1.807) is 16.7 Å². The summed E-state index contributed by atoms with van der Waals surface area (Å²) in [7, 11) is 4.09. The first-order valence-electron chi connectivity index (χ1n) is 6.89. The van der Waals surface area contributed by atoms with E-state index in [1.165, 1.54) is 0 Å². The number of rotatable bonds is 6. The Morgan fingerprint density at radius 2 is 2.00 bits per heavy atom. The molecule has 0 bridgehead atoms. The normalized spacial score (nSPS) is 18.1. The minimum absolute atomic E-state index is 0.254. The Hall–Kier alpha value is -0.950. The molecule has 116 valence electrons. The van der Waals surface area contributed by atoms with Crippen LogP contribution in [0.1, 0.15) is 19.3 Å². The molecule has 0 aromatic rings. The molecule has 0 aromatic carbocycles. The van der Waals surface area contributed by atoms with E-state index in [0.29, 0.717) is 25.6 Å². The number of likely N-dealkylation sites (tertiary alicyclic amines) is 1. The van der Waals surface area contributed by atoms with Crippen molar-refractivity contribution in [2.24, 2.45) is 0 Å². The van der Waals surface area contributed by atoms with Gasteiger partial charge in [-0.1, -0.05) is 0 Å². The number of aliphatic carboxylic acids is 1. The molecular formula is C13H25N3O3S. The lowest BCUT2D eigenvalue weighted by Crippen LogP contribution is -2.52. The van der Waals surface area contributed by atoms with Crippen LogP contribution in [0.4, 0.5) is 4.79 Å². The number of nitrogens with one attached hydrogen (secondary N) is 1. The molecule has 0 spiro atoms. The van der Waals surface area contributed by atoms with Crippen molar-refractivity contribution in [3.05, 3.63) is 0 Å². The van der Waals surface area contributed by atoms with Crippen molar-refractivity contribution < 1.29 is 14.7 Å². The number of hydrogen-bond acceptors (Lipinski definition) is 4. The summed E-state index contributed by atoms with van der Waals surface area (Å²) in [6.45, 7) is 1.37. The van der Waals surface area contributed by atoms with E-state index < -0.39 is 12.0 Å². The van der Waals surface area contributed by atoms with Crippen molar-refractivity contribution in [3.8, 4) is 0 Å². The summed E-state index contributed by atoms with van der Waals surface area (Å²) in [5, 5.41) is 11.7. The Morgan fingerprint density at radius 1 is 1.40 bits per heavy atom.